The number of rotatable bonds is 5. The lowest BCUT2D eigenvalue weighted by atomic mass is 9.93. The van der Waals surface area contributed by atoms with Gasteiger partial charge in [0.25, 0.3) is 5.91 Å². The Kier molecular flexibility index (Phi) is 5.39. The van der Waals surface area contributed by atoms with Crippen molar-refractivity contribution in [3.8, 4) is 0 Å². The third-order valence-corrected chi connectivity index (χ3v) is 4.27. The highest BCUT2D eigenvalue weighted by molar-refractivity contribution is 5.98. The van der Waals surface area contributed by atoms with Crippen LogP contribution in [0.1, 0.15) is 32.8 Å². The largest absolute Gasteiger partial charge is 0.548 e. The maximum atomic E-state index is 13.0. The Morgan fingerprint density at radius 1 is 1.25 bits per heavy atom. The van der Waals surface area contributed by atoms with Crippen molar-refractivity contribution in [2.75, 3.05) is 6.54 Å². The van der Waals surface area contributed by atoms with E-state index in [-0.39, 0.29) is 11.8 Å². The van der Waals surface area contributed by atoms with Crippen molar-refractivity contribution >= 4 is 23.5 Å². The van der Waals surface area contributed by atoms with E-state index < -0.39 is 24.5 Å². The number of aliphatic carboxylic acids is 1. The first-order chi connectivity index (χ1) is 11.4. The third kappa shape index (κ3) is 3.48. The Bertz CT molecular complexity index is 669. The summed E-state index contributed by atoms with van der Waals surface area (Å²) in [6.07, 6.45) is 2.26. The zero-order valence-corrected chi connectivity index (χ0v) is 14.1. The number of carbonyl (C=O) groups excluding carboxylic acids is 3. The molecule has 1 heterocycles. The van der Waals surface area contributed by atoms with Gasteiger partial charge in [-0.25, -0.2) is 0 Å². The zero-order valence-electron chi connectivity index (χ0n) is 14.1. The van der Waals surface area contributed by atoms with E-state index in [1.807, 2.05) is 19.9 Å². The van der Waals surface area contributed by atoms with Crippen LogP contribution < -0.4 is 5.11 Å². The van der Waals surface area contributed by atoms with E-state index in [0.717, 1.165) is 0 Å². The average Bonchev–Trinajstić information content (AvgIpc) is 2.55. The Balaban J connectivity index is 2.57. The molecule has 0 N–H and O–H groups in total. The molecular weight excluding hydrogens is 308 g/mol. The van der Waals surface area contributed by atoms with Crippen molar-refractivity contribution in [1.29, 1.82) is 0 Å². The molecule has 2 unspecified atom stereocenters. The van der Waals surface area contributed by atoms with E-state index in [4.69, 9.17) is 0 Å². The van der Waals surface area contributed by atoms with Gasteiger partial charge in [0.15, 0.2) is 0 Å². The minimum Gasteiger partial charge on any atom is -0.548 e. The van der Waals surface area contributed by atoms with Gasteiger partial charge >= 0.3 is 0 Å². The van der Waals surface area contributed by atoms with Crippen molar-refractivity contribution in [1.82, 2.24) is 9.80 Å². The first-order valence-electron chi connectivity index (χ1n) is 7.94. The molecule has 2 amide bonds. The second kappa shape index (κ2) is 7.29. The lowest BCUT2D eigenvalue weighted by molar-refractivity contribution is -0.305. The topological polar surface area (TPSA) is 80.8 Å². The number of hydrogen-bond acceptors (Lipinski definition) is 4. The van der Waals surface area contributed by atoms with Crippen LogP contribution in [0.2, 0.25) is 0 Å². The molecule has 6 nitrogen and oxygen atoms in total. The van der Waals surface area contributed by atoms with Gasteiger partial charge in [-0.15, -0.1) is 0 Å². The molecule has 2 rings (SSSR count). The highest BCUT2D eigenvalue weighted by Gasteiger charge is 2.40. The fraction of sp³-hybridized carbons (Fsp3) is 0.389. The van der Waals surface area contributed by atoms with Crippen LogP contribution in [0.15, 0.2) is 36.5 Å². The third-order valence-electron chi connectivity index (χ3n) is 4.27. The Hall–Kier alpha value is -2.63. The highest BCUT2D eigenvalue weighted by atomic mass is 16.4. The molecule has 1 aliphatic heterocycles. The van der Waals surface area contributed by atoms with Crippen molar-refractivity contribution in [2.45, 2.75) is 33.2 Å². The summed E-state index contributed by atoms with van der Waals surface area (Å²) in [4.78, 5) is 38.8. The quantitative estimate of drug-likeness (QED) is 0.802. The molecule has 0 saturated heterocycles. The number of amides is 2. The lowest BCUT2D eigenvalue weighted by Crippen LogP contribution is -2.56. The molecule has 0 spiro atoms. The molecule has 1 aromatic rings. The Labute approximate surface area is 141 Å². The average molecular weight is 329 g/mol. The minimum absolute atomic E-state index is 0.0979. The first-order valence-corrected chi connectivity index (χ1v) is 7.94. The van der Waals surface area contributed by atoms with Crippen LogP contribution in [0.25, 0.3) is 5.70 Å². The van der Waals surface area contributed by atoms with Crippen molar-refractivity contribution < 1.29 is 19.5 Å². The van der Waals surface area contributed by atoms with Crippen molar-refractivity contribution in [2.24, 2.45) is 5.92 Å². The second-order valence-electron chi connectivity index (χ2n) is 5.93. The fourth-order valence-electron chi connectivity index (χ4n) is 2.84. The minimum atomic E-state index is -1.34. The van der Waals surface area contributed by atoms with E-state index in [2.05, 4.69) is 0 Å². The van der Waals surface area contributed by atoms with Gasteiger partial charge in [0.05, 0.1) is 18.2 Å². The molecular formula is C18H21N2O4-. The maximum absolute atomic E-state index is 13.0. The second-order valence-corrected chi connectivity index (χ2v) is 5.93. The molecule has 128 valence electrons. The standard InChI is InChI=1S/C18H22N2O4/c1-4-12(2)17-18(24)20(11-16(22)23)15(10-19(17)13(3)21)14-8-6-5-7-9-14/h5-10,12,17H,4,11H2,1-3H3,(H,22,23)/p-1. The van der Waals surface area contributed by atoms with Gasteiger partial charge in [0, 0.05) is 13.1 Å². The zero-order chi connectivity index (χ0) is 17.9. The van der Waals surface area contributed by atoms with Crippen LogP contribution in [0.4, 0.5) is 0 Å². The lowest BCUT2D eigenvalue weighted by Gasteiger charge is -2.41. The van der Waals surface area contributed by atoms with Crippen LogP contribution in [-0.2, 0) is 14.4 Å². The molecule has 6 heteroatoms. The summed E-state index contributed by atoms with van der Waals surface area (Å²) in [5, 5.41) is 11.1. The summed E-state index contributed by atoms with van der Waals surface area (Å²) in [6, 6.07) is 8.22. The van der Waals surface area contributed by atoms with E-state index in [1.54, 1.807) is 30.5 Å². The molecule has 0 aliphatic carbocycles. The summed E-state index contributed by atoms with van der Waals surface area (Å²) < 4.78 is 0. The highest BCUT2D eigenvalue weighted by Crippen LogP contribution is 2.30. The molecule has 0 fully saturated rings. The van der Waals surface area contributed by atoms with E-state index in [0.29, 0.717) is 17.7 Å². The maximum Gasteiger partial charge on any atom is 0.250 e. The Morgan fingerprint density at radius 3 is 2.38 bits per heavy atom. The van der Waals surface area contributed by atoms with Crippen LogP contribution in [0.3, 0.4) is 0 Å². The Morgan fingerprint density at radius 2 is 1.88 bits per heavy atom. The number of carbonyl (C=O) groups is 3. The number of benzene rings is 1. The summed E-state index contributed by atoms with van der Waals surface area (Å²) in [5.41, 5.74) is 1.06. The van der Waals surface area contributed by atoms with Gasteiger partial charge in [0.2, 0.25) is 5.91 Å². The molecule has 0 radical (unpaired) electrons. The van der Waals surface area contributed by atoms with Crippen LogP contribution >= 0.6 is 0 Å². The van der Waals surface area contributed by atoms with Gasteiger partial charge in [-0.3, -0.25) is 9.59 Å². The number of hydrogen-bond donors (Lipinski definition) is 0. The molecule has 0 bridgehead atoms. The summed E-state index contributed by atoms with van der Waals surface area (Å²) in [7, 11) is 0. The van der Waals surface area contributed by atoms with Crippen LogP contribution in [0.5, 0.6) is 0 Å². The molecule has 0 saturated carbocycles. The smallest absolute Gasteiger partial charge is 0.250 e. The molecule has 2 atom stereocenters. The number of carboxylic acids is 1. The summed E-state index contributed by atoms with van der Waals surface area (Å²) in [5.74, 6) is -2.09. The van der Waals surface area contributed by atoms with Crippen LogP contribution in [0, 0.1) is 5.92 Å². The summed E-state index contributed by atoms with van der Waals surface area (Å²) in [6.45, 7) is 4.65. The number of carboxylic acid groups (broad SMARTS) is 1. The van der Waals surface area contributed by atoms with Gasteiger partial charge in [-0.1, -0.05) is 50.6 Å². The molecule has 0 aromatic heterocycles. The molecule has 24 heavy (non-hydrogen) atoms. The van der Waals surface area contributed by atoms with Gasteiger partial charge in [-0.05, 0) is 11.5 Å². The van der Waals surface area contributed by atoms with Crippen molar-refractivity contribution in [3.63, 3.8) is 0 Å². The monoisotopic (exact) mass is 329 g/mol. The predicted molar refractivity (Wildman–Crippen MR) is 86.9 cm³/mol. The van der Waals surface area contributed by atoms with Gasteiger partial charge in [0.1, 0.15) is 6.04 Å². The van der Waals surface area contributed by atoms with E-state index in [9.17, 15) is 19.5 Å². The van der Waals surface area contributed by atoms with E-state index >= 15 is 0 Å². The first kappa shape index (κ1) is 17.7. The normalized spacial score (nSPS) is 19.0. The SMILES string of the molecule is CCC(C)C1C(=O)N(CC(=O)[O-])C(c2ccccc2)=CN1C(C)=O. The number of nitrogens with zero attached hydrogens (tertiary/aromatic N) is 2. The van der Waals surface area contributed by atoms with E-state index in [1.165, 1.54) is 16.7 Å². The van der Waals surface area contributed by atoms with Gasteiger partial charge in [-0.2, -0.15) is 0 Å². The molecule has 1 aromatic carbocycles. The molecule has 1 aliphatic rings. The fourth-order valence-corrected chi connectivity index (χ4v) is 2.84. The predicted octanol–water partition coefficient (Wildman–Crippen LogP) is 0.840. The van der Waals surface area contributed by atoms with Crippen molar-refractivity contribution in [3.05, 3.63) is 42.1 Å². The van der Waals surface area contributed by atoms with Crippen LogP contribution in [-0.4, -0.2) is 40.2 Å². The van der Waals surface area contributed by atoms with Gasteiger partial charge < -0.3 is 19.7 Å². The summed E-state index contributed by atoms with van der Waals surface area (Å²) >= 11 is 0.